The predicted octanol–water partition coefficient (Wildman–Crippen LogP) is 2.98. The Kier molecular flexibility index (Phi) is 5.83. The molecule has 1 fully saturated rings. The van der Waals surface area contributed by atoms with E-state index < -0.39 is 0 Å². The number of amides is 1. The van der Waals surface area contributed by atoms with Crippen LogP contribution in [0.3, 0.4) is 0 Å². The molecule has 0 unspecified atom stereocenters. The van der Waals surface area contributed by atoms with Gasteiger partial charge in [0.2, 0.25) is 0 Å². The Balaban J connectivity index is 1.76. The summed E-state index contributed by atoms with van der Waals surface area (Å²) in [5.41, 5.74) is 1.07. The fraction of sp³-hybridized carbons (Fsp3) is 0.400. The lowest BCUT2D eigenvalue weighted by atomic mass is 9.88. The minimum absolute atomic E-state index is 0.00950. The third kappa shape index (κ3) is 4.02. The molecule has 1 aliphatic rings. The highest BCUT2D eigenvalue weighted by Gasteiger charge is 2.32. The first-order valence-corrected chi connectivity index (χ1v) is 8.82. The molecule has 2 aromatic rings. The van der Waals surface area contributed by atoms with Gasteiger partial charge in [0.05, 0.1) is 6.10 Å². The second kappa shape index (κ2) is 8.27. The van der Waals surface area contributed by atoms with Crippen molar-refractivity contribution < 1.29 is 13.9 Å². The molecule has 1 saturated heterocycles. The summed E-state index contributed by atoms with van der Waals surface area (Å²) >= 11 is 0. The van der Waals surface area contributed by atoms with Gasteiger partial charge in [0.25, 0.3) is 5.91 Å². The van der Waals surface area contributed by atoms with Crippen LogP contribution in [0.5, 0.6) is 0 Å². The number of methoxy groups -OCH3 is 1. The molecule has 0 spiro atoms. The second-order valence-electron chi connectivity index (χ2n) is 6.53. The van der Waals surface area contributed by atoms with Crippen molar-refractivity contribution >= 4 is 11.7 Å². The maximum Gasteiger partial charge on any atom is 0.272 e. The Hall–Kier alpha value is -2.47. The Morgan fingerprint density at radius 2 is 2.12 bits per heavy atom. The van der Waals surface area contributed by atoms with Crippen molar-refractivity contribution in [2.24, 2.45) is 5.92 Å². The number of aromatic nitrogens is 1. The van der Waals surface area contributed by atoms with E-state index in [4.69, 9.17) is 4.74 Å². The predicted molar refractivity (Wildman–Crippen MR) is 98.7 cm³/mol. The highest BCUT2D eigenvalue weighted by molar-refractivity contribution is 5.92. The van der Waals surface area contributed by atoms with E-state index in [1.54, 1.807) is 37.3 Å². The van der Waals surface area contributed by atoms with Gasteiger partial charge in [-0.15, -0.1) is 0 Å². The Bertz CT molecular complexity index is 768. The number of carbonyl (C=O) groups excluding carboxylic acids is 1. The summed E-state index contributed by atoms with van der Waals surface area (Å²) in [6, 6.07) is 12.1. The number of piperidine rings is 1. The van der Waals surface area contributed by atoms with Gasteiger partial charge in [0.1, 0.15) is 17.3 Å². The summed E-state index contributed by atoms with van der Waals surface area (Å²) in [5, 5.41) is 2.95. The standard InChI is InChI=1S/C20H24FN3O2/c1-22-19-9-5-8-17(23-19)20(25)24-11-10-18(26-2)15(13-24)12-14-6-3-4-7-16(14)21/h3-9,15,18H,10-13H2,1-2H3,(H,22,23)/t15-,18+/m1/s1. The first-order chi connectivity index (χ1) is 12.6. The number of benzene rings is 1. The summed E-state index contributed by atoms with van der Waals surface area (Å²) in [5.74, 6) is 0.386. The van der Waals surface area contributed by atoms with Gasteiger partial charge in [-0.25, -0.2) is 9.37 Å². The van der Waals surface area contributed by atoms with Crippen LogP contribution < -0.4 is 5.32 Å². The van der Waals surface area contributed by atoms with Crippen LogP contribution in [0.4, 0.5) is 10.2 Å². The average molecular weight is 357 g/mol. The van der Waals surface area contributed by atoms with Gasteiger partial charge < -0.3 is 15.0 Å². The molecule has 6 heteroatoms. The number of likely N-dealkylation sites (tertiary alicyclic amines) is 1. The zero-order valence-electron chi connectivity index (χ0n) is 15.1. The zero-order chi connectivity index (χ0) is 18.5. The smallest absolute Gasteiger partial charge is 0.272 e. The van der Waals surface area contributed by atoms with Gasteiger partial charge in [0.15, 0.2) is 0 Å². The van der Waals surface area contributed by atoms with Gasteiger partial charge in [-0.3, -0.25) is 4.79 Å². The lowest BCUT2D eigenvalue weighted by Crippen LogP contribution is -2.47. The number of pyridine rings is 1. The van der Waals surface area contributed by atoms with Gasteiger partial charge in [-0.1, -0.05) is 24.3 Å². The van der Waals surface area contributed by atoms with Gasteiger partial charge in [0, 0.05) is 33.2 Å². The molecule has 1 aliphatic heterocycles. The quantitative estimate of drug-likeness (QED) is 0.894. The van der Waals surface area contributed by atoms with Crippen LogP contribution >= 0.6 is 0 Å². The molecule has 138 valence electrons. The number of halogens is 1. The number of carbonyl (C=O) groups is 1. The number of rotatable bonds is 5. The van der Waals surface area contributed by atoms with Gasteiger partial charge in [-0.05, 0) is 36.6 Å². The molecule has 1 N–H and O–H groups in total. The van der Waals surface area contributed by atoms with E-state index in [0.29, 0.717) is 36.6 Å². The van der Waals surface area contributed by atoms with Crippen molar-refractivity contribution in [3.63, 3.8) is 0 Å². The molecule has 0 saturated carbocycles. The summed E-state index contributed by atoms with van der Waals surface area (Å²) in [4.78, 5) is 19.0. The minimum Gasteiger partial charge on any atom is -0.381 e. The van der Waals surface area contributed by atoms with Crippen molar-refractivity contribution in [3.05, 3.63) is 59.5 Å². The van der Waals surface area contributed by atoms with Gasteiger partial charge >= 0.3 is 0 Å². The largest absolute Gasteiger partial charge is 0.381 e. The number of ether oxygens (including phenoxy) is 1. The van der Waals surface area contributed by atoms with Crippen LogP contribution in [0.2, 0.25) is 0 Å². The normalized spacial score (nSPS) is 20.0. The van der Waals surface area contributed by atoms with Gasteiger partial charge in [-0.2, -0.15) is 0 Å². The van der Waals surface area contributed by atoms with Crippen LogP contribution in [0.1, 0.15) is 22.5 Å². The topological polar surface area (TPSA) is 54.5 Å². The molecule has 1 aromatic carbocycles. The van der Waals surface area contributed by atoms with Crippen LogP contribution in [0.25, 0.3) is 0 Å². The van der Waals surface area contributed by atoms with Crippen molar-refractivity contribution in [1.29, 1.82) is 0 Å². The van der Waals surface area contributed by atoms with Crippen molar-refractivity contribution in [2.75, 3.05) is 32.6 Å². The summed E-state index contributed by atoms with van der Waals surface area (Å²) < 4.78 is 19.6. The molecule has 1 aromatic heterocycles. The van der Waals surface area contributed by atoms with Crippen LogP contribution in [0.15, 0.2) is 42.5 Å². The van der Waals surface area contributed by atoms with E-state index in [-0.39, 0.29) is 23.7 Å². The third-order valence-corrected chi connectivity index (χ3v) is 4.92. The maximum atomic E-state index is 14.0. The fourth-order valence-corrected chi connectivity index (χ4v) is 3.50. The maximum absolute atomic E-state index is 14.0. The molecule has 26 heavy (non-hydrogen) atoms. The van der Waals surface area contributed by atoms with E-state index in [2.05, 4.69) is 10.3 Å². The second-order valence-corrected chi connectivity index (χ2v) is 6.53. The van der Waals surface area contributed by atoms with E-state index in [1.807, 2.05) is 18.2 Å². The Morgan fingerprint density at radius 1 is 1.31 bits per heavy atom. The highest BCUT2D eigenvalue weighted by atomic mass is 19.1. The molecule has 2 atom stereocenters. The number of nitrogens with one attached hydrogen (secondary N) is 1. The summed E-state index contributed by atoms with van der Waals surface area (Å²) in [7, 11) is 3.44. The molecule has 2 heterocycles. The fourth-order valence-electron chi connectivity index (χ4n) is 3.50. The molecule has 0 bridgehead atoms. The van der Waals surface area contributed by atoms with Crippen molar-refractivity contribution in [3.8, 4) is 0 Å². The van der Waals surface area contributed by atoms with E-state index in [9.17, 15) is 9.18 Å². The monoisotopic (exact) mass is 357 g/mol. The SMILES string of the molecule is CNc1cccc(C(=O)N2CC[C@H](OC)[C@H](Cc3ccccc3F)C2)n1. The third-order valence-electron chi connectivity index (χ3n) is 4.92. The van der Waals surface area contributed by atoms with E-state index >= 15 is 0 Å². The first-order valence-electron chi connectivity index (χ1n) is 8.82. The molecular formula is C20H24FN3O2. The molecule has 3 rings (SSSR count). The molecular weight excluding hydrogens is 333 g/mol. The number of hydrogen-bond acceptors (Lipinski definition) is 4. The Labute approximate surface area is 153 Å². The average Bonchev–Trinajstić information content (AvgIpc) is 2.69. The number of anilines is 1. The molecule has 0 aliphatic carbocycles. The van der Waals surface area contributed by atoms with Crippen molar-refractivity contribution in [2.45, 2.75) is 18.9 Å². The van der Waals surface area contributed by atoms with E-state index in [1.165, 1.54) is 6.07 Å². The van der Waals surface area contributed by atoms with Crippen molar-refractivity contribution in [1.82, 2.24) is 9.88 Å². The van der Waals surface area contributed by atoms with Crippen LogP contribution in [-0.4, -0.2) is 49.1 Å². The van der Waals surface area contributed by atoms with Crippen LogP contribution in [0, 0.1) is 11.7 Å². The number of hydrogen-bond donors (Lipinski definition) is 1. The molecule has 1 amide bonds. The van der Waals surface area contributed by atoms with Crippen LogP contribution in [-0.2, 0) is 11.2 Å². The lowest BCUT2D eigenvalue weighted by Gasteiger charge is -2.38. The number of nitrogens with zero attached hydrogens (tertiary/aromatic N) is 2. The molecule has 0 radical (unpaired) electrons. The Morgan fingerprint density at radius 3 is 2.85 bits per heavy atom. The highest BCUT2D eigenvalue weighted by Crippen LogP contribution is 2.25. The summed E-state index contributed by atoms with van der Waals surface area (Å²) in [6.45, 7) is 1.13. The minimum atomic E-state index is -0.214. The summed E-state index contributed by atoms with van der Waals surface area (Å²) in [6.07, 6.45) is 1.28. The first kappa shape index (κ1) is 18.3. The lowest BCUT2D eigenvalue weighted by molar-refractivity contribution is -0.00338. The molecule has 5 nitrogen and oxygen atoms in total. The zero-order valence-corrected chi connectivity index (χ0v) is 15.1. The van der Waals surface area contributed by atoms with E-state index in [0.717, 1.165) is 6.42 Å².